The van der Waals surface area contributed by atoms with E-state index in [9.17, 15) is 0 Å². The van der Waals surface area contributed by atoms with Crippen molar-refractivity contribution in [2.24, 2.45) is 0 Å². The van der Waals surface area contributed by atoms with Crippen molar-refractivity contribution < 1.29 is 0 Å². The van der Waals surface area contributed by atoms with Crippen molar-refractivity contribution in [2.75, 3.05) is 0 Å². The van der Waals surface area contributed by atoms with Gasteiger partial charge in [-0.3, -0.25) is 0 Å². The van der Waals surface area contributed by atoms with Gasteiger partial charge in [0.25, 0.3) is 0 Å². The molecule has 0 N–H and O–H groups in total. The van der Waals surface area contributed by atoms with Crippen molar-refractivity contribution >= 4 is 0 Å². The molecule has 2 aromatic carbocycles. The van der Waals surface area contributed by atoms with Gasteiger partial charge < -0.3 is 0 Å². The van der Waals surface area contributed by atoms with Gasteiger partial charge in [0.15, 0.2) is 0 Å². The fourth-order valence-corrected chi connectivity index (χ4v) is 3.23. The van der Waals surface area contributed by atoms with E-state index in [1.807, 2.05) is 0 Å². The highest BCUT2D eigenvalue weighted by molar-refractivity contribution is 5.45. The molecule has 2 rings (SSSR count). The first kappa shape index (κ1) is 21.9. The lowest BCUT2D eigenvalue weighted by atomic mass is 10.0. The van der Waals surface area contributed by atoms with E-state index in [1.165, 1.54) is 75.3 Å². The third-order valence-electron chi connectivity index (χ3n) is 5.02. The van der Waals surface area contributed by atoms with E-state index >= 15 is 0 Å². The highest BCUT2D eigenvalue weighted by Crippen LogP contribution is 2.10. The number of rotatable bonds is 10. The second kappa shape index (κ2) is 13.7. The first-order valence-corrected chi connectivity index (χ1v) is 11.0. The molecule has 0 nitrogen and oxygen atoms in total. The predicted molar refractivity (Wildman–Crippen MR) is 122 cm³/mol. The second-order valence-electron chi connectivity index (χ2n) is 7.52. The van der Waals surface area contributed by atoms with Crippen LogP contribution in [0.4, 0.5) is 0 Å². The predicted octanol–water partition coefficient (Wildman–Crippen LogP) is 7.34. The Bertz CT molecular complexity index is 714. The summed E-state index contributed by atoms with van der Waals surface area (Å²) < 4.78 is 0. The van der Waals surface area contributed by atoms with Crippen LogP contribution in [0.1, 0.15) is 87.5 Å². The van der Waals surface area contributed by atoms with Gasteiger partial charge in [0, 0.05) is 11.1 Å². The molecule has 0 spiro atoms. The second-order valence-corrected chi connectivity index (χ2v) is 7.52. The zero-order chi connectivity index (χ0) is 19.9. The minimum Gasteiger partial charge on any atom is -0.0654 e. The molecule has 0 fully saturated rings. The molecular weight excluding hydrogens is 336 g/mol. The van der Waals surface area contributed by atoms with E-state index in [0.717, 1.165) is 11.1 Å². The fraction of sp³-hybridized carbons (Fsp3) is 0.429. The summed E-state index contributed by atoms with van der Waals surface area (Å²) >= 11 is 0. The van der Waals surface area contributed by atoms with E-state index < -0.39 is 0 Å². The molecule has 0 heterocycles. The Kier molecular flexibility index (Phi) is 10.7. The topological polar surface area (TPSA) is 0 Å². The molecule has 0 aliphatic carbocycles. The van der Waals surface area contributed by atoms with Gasteiger partial charge in [-0.15, -0.1) is 0 Å². The largest absolute Gasteiger partial charge is 0.0654 e. The molecule has 0 aromatic heterocycles. The highest BCUT2D eigenvalue weighted by Gasteiger charge is 1.95. The minimum absolute atomic E-state index is 1.04. The Labute approximate surface area is 172 Å². The molecule has 0 heteroatoms. The molecule has 0 aliphatic heterocycles. The Balaban J connectivity index is 1.80. The smallest absolute Gasteiger partial charge is 0.0255 e. The Morgan fingerprint density at radius 3 is 1.25 bits per heavy atom. The van der Waals surface area contributed by atoms with Crippen molar-refractivity contribution in [1.82, 2.24) is 0 Å². The summed E-state index contributed by atoms with van der Waals surface area (Å²) in [6, 6.07) is 17.2. The third-order valence-corrected chi connectivity index (χ3v) is 5.02. The Hall–Kier alpha value is -2.44. The lowest BCUT2D eigenvalue weighted by Gasteiger charge is -2.01. The number of benzene rings is 2. The number of hydrogen-bond acceptors (Lipinski definition) is 0. The summed E-state index contributed by atoms with van der Waals surface area (Å²) in [6.45, 7) is 4.50. The number of aryl methyl sites for hydroxylation is 2. The summed E-state index contributed by atoms with van der Waals surface area (Å²) in [4.78, 5) is 0. The van der Waals surface area contributed by atoms with Crippen LogP contribution >= 0.6 is 0 Å². The standard InChI is InChI=1S/C28H34/c1-3-5-7-9-13-25-17-21-27(22-18-25)15-11-12-16-28-23-19-26(20-24-28)14-10-8-6-4-2/h17-24H,3-10,13-14H2,1-2H3. The van der Waals surface area contributed by atoms with E-state index in [0.29, 0.717) is 0 Å². The van der Waals surface area contributed by atoms with Crippen LogP contribution in [-0.4, -0.2) is 0 Å². The molecule has 0 saturated heterocycles. The molecular formula is C28H34. The van der Waals surface area contributed by atoms with Gasteiger partial charge >= 0.3 is 0 Å². The minimum atomic E-state index is 1.04. The zero-order valence-corrected chi connectivity index (χ0v) is 17.7. The molecule has 146 valence electrons. The van der Waals surface area contributed by atoms with E-state index in [2.05, 4.69) is 86.1 Å². The van der Waals surface area contributed by atoms with Crippen LogP contribution in [0, 0.1) is 23.7 Å². The summed E-state index contributed by atoms with van der Waals surface area (Å²) in [6.07, 6.45) is 12.8. The average Bonchev–Trinajstić information content (AvgIpc) is 2.74. The van der Waals surface area contributed by atoms with Gasteiger partial charge in [-0.25, -0.2) is 0 Å². The maximum Gasteiger partial charge on any atom is 0.0255 e. The van der Waals surface area contributed by atoms with Crippen molar-refractivity contribution in [3.05, 3.63) is 70.8 Å². The number of hydrogen-bond donors (Lipinski definition) is 0. The van der Waals surface area contributed by atoms with E-state index in [-0.39, 0.29) is 0 Å². The molecule has 2 aromatic rings. The Morgan fingerprint density at radius 1 is 0.500 bits per heavy atom. The van der Waals surface area contributed by atoms with Crippen LogP contribution in [0.15, 0.2) is 48.5 Å². The lowest BCUT2D eigenvalue weighted by Crippen LogP contribution is -1.86. The Morgan fingerprint density at radius 2 is 0.893 bits per heavy atom. The maximum absolute atomic E-state index is 3.15. The summed E-state index contributed by atoms with van der Waals surface area (Å²) in [5.41, 5.74) is 4.88. The monoisotopic (exact) mass is 370 g/mol. The third kappa shape index (κ3) is 8.97. The quantitative estimate of drug-likeness (QED) is 0.303. The molecule has 28 heavy (non-hydrogen) atoms. The summed E-state index contributed by atoms with van der Waals surface area (Å²) in [5, 5.41) is 0. The molecule has 0 unspecified atom stereocenters. The molecule has 0 atom stereocenters. The van der Waals surface area contributed by atoms with Crippen molar-refractivity contribution in [2.45, 2.75) is 78.1 Å². The van der Waals surface area contributed by atoms with Gasteiger partial charge in [0.05, 0.1) is 0 Å². The average molecular weight is 371 g/mol. The van der Waals surface area contributed by atoms with Gasteiger partial charge in [-0.05, 0) is 72.9 Å². The normalized spacial score (nSPS) is 9.93. The summed E-state index contributed by atoms with van der Waals surface area (Å²) in [7, 11) is 0. The highest BCUT2D eigenvalue weighted by atomic mass is 14.0. The maximum atomic E-state index is 3.15. The van der Waals surface area contributed by atoms with Gasteiger partial charge in [-0.2, -0.15) is 0 Å². The van der Waals surface area contributed by atoms with Crippen LogP contribution in [-0.2, 0) is 12.8 Å². The number of unbranched alkanes of at least 4 members (excludes halogenated alkanes) is 6. The van der Waals surface area contributed by atoms with Crippen LogP contribution in [0.3, 0.4) is 0 Å². The zero-order valence-electron chi connectivity index (χ0n) is 17.7. The lowest BCUT2D eigenvalue weighted by molar-refractivity contribution is 0.667. The van der Waals surface area contributed by atoms with Gasteiger partial charge in [-0.1, -0.05) is 88.5 Å². The molecule has 0 saturated carbocycles. The molecule has 0 aliphatic rings. The van der Waals surface area contributed by atoms with Crippen LogP contribution in [0.5, 0.6) is 0 Å². The van der Waals surface area contributed by atoms with Crippen LogP contribution in [0.2, 0.25) is 0 Å². The molecule has 0 amide bonds. The first-order chi connectivity index (χ1) is 13.8. The van der Waals surface area contributed by atoms with Crippen molar-refractivity contribution in [1.29, 1.82) is 0 Å². The molecule has 0 radical (unpaired) electrons. The van der Waals surface area contributed by atoms with Crippen LogP contribution in [0.25, 0.3) is 0 Å². The van der Waals surface area contributed by atoms with E-state index in [4.69, 9.17) is 0 Å². The van der Waals surface area contributed by atoms with Gasteiger partial charge in [0.1, 0.15) is 0 Å². The SMILES string of the molecule is CCCCCCc1ccc(C#CC#Cc2ccc(CCCCCC)cc2)cc1. The van der Waals surface area contributed by atoms with Gasteiger partial charge in [0.2, 0.25) is 0 Å². The first-order valence-electron chi connectivity index (χ1n) is 11.0. The van der Waals surface area contributed by atoms with Crippen molar-refractivity contribution in [3.8, 4) is 23.7 Å². The summed E-state index contributed by atoms with van der Waals surface area (Å²) in [5.74, 6) is 12.3. The van der Waals surface area contributed by atoms with Crippen LogP contribution < -0.4 is 0 Å². The fourth-order valence-electron chi connectivity index (χ4n) is 3.23. The van der Waals surface area contributed by atoms with E-state index in [1.54, 1.807) is 0 Å². The van der Waals surface area contributed by atoms with Crippen molar-refractivity contribution in [3.63, 3.8) is 0 Å². The molecule has 0 bridgehead atoms.